The third-order valence-electron chi connectivity index (χ3n) is 2.08. The fraction of sp³-hybridized carbons (Fsp3) is 0.125. The van der Waals surface area contributed by atoms with Gasteiger partial charge in [-0.05, 0) is 12.1 Å². The van der Waals surface area contributed by atoms with E-state index in [-0.39, 0.29) is 4.47 Å². The van der Waals surface area contributed by atoms with Crippen LogP contribution in [0.25, 0.3) is 0 Å². The number of nitrogens with zero attached hydrogens (tertiary/aromatic N) is 1. The number of amides is 1. The average Bonchev–Trinajstić information content (AvgIpc) is 2.37. The Bertz CT molecular complexity index is 581. The zero-order valence-corrected chi connectivity index (χ0v) is 10.5. The van der Waals surface area contributed by atoms with E-state index in [0.29, 0.717) is 4.31 Å². The van der Waals surface area contributed by atoms with E-state index < -0.39 is 39.9 Å². The van der Waals surface area contributed by atoms with Gasteiger partial charge in [0.05, 0.1) is 0 Å². The van der Waals surface area contributed by atoms with Gasteiger partial charge in [-0.3, -0.25) is 4.79 Å². The smallest absolute Gasteiger partial charge is 0.326 e. The predicted octanol–water partition coefficient (Wildman–Crippen LogP) is 0.475. The van der Waals surface area contributed by atoms with E-state index in [2.05, 4.69) is 15.9 Å². The zero-order chi connectivity index (χ0) is 12.8. The van der Waals surface area contributed by atoms with Crippen LogP contribution in [-0.2, 0) is 15.0 Å². The van der Waals surface area contributed by atoms with Crippen LogP contribution in [0, 0.1) is 5.82 Å². The number of hydrogen-bond acceptors (Lipinski definition) is 4. The maximum Gasteiger partial charge on any atom is 0.326 e. The van der Waals surface area contributed by atoms with E-state index in [9.17, 15) is 22.7 Å². The summed E-state index contributed by atoms with van der Waals surface area (Å²) < 4.78 is 38.9. The number of nitrogens with one attached hydrogen (secondary N) is 1. The highest BCUT2D eigenvalue weighted by Crippen LogP contribution is 2.35. The number of halogens is 2. The Morgan fingerprint density at radius 2 is 2.12 bits per heavy atom. The number of benzene rings is 1. The highest BCUT2D eigenvalue weighted by atomic mass is 79.9. The number of aromatic hydroxyl groups is 1. The van der Waals surface area contributed by atoms with Crippen LogP contribution >= 0.6 is 15.9 Å². The van der Waals surface area contributed by atoms with E-state index in [1.165, 1.54) is 0 Å². The van der Waals surface area contributed by atoms with Gasteiger partial charge >= 0.3 is 10.2 Å². The van der Waals surface area contributed by atoms with E-state index in [1.54, 1.807) is 4.72 Å². The van der Waals surface area contributed by atoms with Crippen LogP contribution in [0.4, 0.5) is 10.1 Å². The summed E-state index contributed by atoms with van der Waals surface area (Å²) in [5, 5.41) is 9.54. The molecule has 1 saturated heterocycles. The SMILES string of the molecule is O=C1CN(c2c(O)cc(Br)cc2F)S(=O)(=O)N1. The Morgan fingerprint density at radius 3 is 2.59 bits per heavy atom. The maximum absolute atomic E-state index is 13.6. The molecule has 0 saturated carbocycles. The molecule has 2 rings (SSSR count). The van der Waals surface area contributed by atoms with Gasteiger partial charge in [0.25, 0.3) is 5.91 Å². The number of carbonyl (C=O) groups excluding carboxylic acids is 1. The molecule has 17 heavy (non-hydrogen) atoms. The van der Waals surface area contributed by atoms with Gasteiger partial charge in [0.15, 0.2) is 5.82 Å². The number of rotatable bonds is 1. The van der Waals surface area contributed by atoms with Gasteiger partial charge in [-0.25, -0.2) is 13.4 Å². The van der Waals surface area contributed by atoms with Crippen LogP contribution in [0.5, 0.6) is 5.75 Å². The molecule has 0 spiro atoms. The molecule has 92 valence electrons. The molecule has 6 nitrogen and oxygen atoms in total. The lowest BCUT2D eigenvalue weighted by Crippen LogP contribution is -2.30. The number of carbonyl (C=O) groups is 1. The Morgan fingerprint density at radius 1 is 1.47 bits per heavy atom. The summed E-state index contributed by atoms with van der Waals surface area (Å²) in [7, 11) is -4.13. The first kappa shape index (κ1) is 12.1. The van der Waals surface area contributed by atoms with Crippen molar-refractivity contribution in [3.05, 3.63) is 22.4 Å². The minimum absolute atomic E-state index is 0.257. The van der Waals surface area contributed by atoms with Gasteiger partial charge < -0.3 is 5.11 Å². The highest BCUT2D eigenvalue weighted by molar-refractivity contribution is 9.10. The van der Waals surface area contributed by atoms with Crippen LogP contribution < -0.4 is 9.03 Å². The fourth-order valence-corrected chi connectivity index (χ4v) is 3.03. The van der Waals surface area contributed by atoms with Crippen LogP contribution in [0.2, 0.25) is 0 Å². The van der Waals surface area contributed by atoms with Crippen molar-refractivity contribution in [3.8, 4) is 5.75 Å². The van der Waals surface area contributed by atoms with Gasteiger partial charge in [0.1, 0.15) is 18.0 Å². The summed E-state index contributed by atoms with van der Waals surface area (Å²) in [6, 6.07) is 2.13. The number of hydrogen-bond donors (Lipinski definition) is 2. The average molecular weight is 325 g/mol. The van der Waals surface area contributed by atoms with Crippen molar-refractivity contribution in [3.63, 3.8) is 0 Å². The second-order valence-corrected chi connectivity index (χ2v) is 5.80. The first-order valence-corrected chi connectivity index (χ1v) is 6.56. The fourth-order valence-electron chi connectivity index (χ4n) is 1.45. The Balaban J connectivity index is 2.59. The van der Waals surface area contributed by atoms with Gasteiger partial charge in [-0.15, -0.1) is 0 Å². The topological polar surface area (TPSA) is 86.7 Å². The molecule has 9 heteroatoms. The van der Waals surface area contributed by atoms with Gasteiger partial charge in [0.2, 0.25) is 0 Å². The third kappa shape index (κ3) is 2.07. The summed E-state index contributed by atoms with van der Waals surface area (Å²) in [5.41, 5.74) is -0.549. The van der Waals surface area contributed by atoms with Crippen molar-refractivity contribution >= 4 is 37.7 Å². The molecule has 1 fully saturated rings. The normalized spacial score (nSPS) is 18.2. The zero-order valence-electron chi connectivity index (χ0n) is 8.15. The summed E-state index contributed by atoms with van der Waals surface area (Å²) in [4.78, 5) is 11.0. The van der Waals surface area contributed by atoms with Crippen LogP contribution in [0.15, 0.2) is 16.6 Å². The first-order valence-electron chi connectivity index (χ1n) is 4.32. The molecule has 2 N–H and O–H groups in total. The number of anilines is 1. The van der Waals surface area contributed by atoms with Crippen LogP contribution in [0.1, 0.15) is 0 Å². The Hall–Kier alpha value is -1.35. The molecule has 0 radical (unpaired) electrons. The Kier molecular flexibility index (Phi) is 2.74. The molecule has 1 aromatic carbocycles. The van der Waals surface area contributed by atoms with Gasteiger partial charge in [-0.1, -0.05) is 15.9 Å². The van der Waals surface area contributed by atoms with E-state index in [0.717, 1.165) is 12.1 Å². The maximum atomic E-state index is 13.6. The van der Waals surface area contributed by atoms with Crippen LogP contribution in [0.3, 0.4) is 0 Å². The minimum Gasteiger partial charge on any atom is -0.506 e. The predicted molar refractivity (Wildman–Crippen MR) is 60.2 cm³/mol. The lowest BCUT2D eigenvalue weighted by atomic mass is 10.2. The highest BCUT2D eigenvalue weighted by Gasteiger charge is 2.37. The standard InChI is InChI=1S/C8H6BrFN2O4S/c9-4-1-5(10)8(6(13)2-4)12-3-7(14)11-17(12,15)16/h1-2,13H,3H2,(H,11,14). The molecule has 0 unspecified atom stereocenters. The van der Waals surface area contributed by atoms with Crippen molar-refractivity contribution in [2.45, 2.75) is 0 Å². The largest absolute Gasteiger partial charge is 0.506 e. The first-order chi connectivity index (χ1) is 7.81. The lowest BCUT2D eigenvalue weighted by molar-refractivity contribution is -0.117. The van der Waals surface area contributed by atoms with Crippen molar-refractivity contribution in [2.24, 2.45) is 0 Å². The molecule has 0 aromatic heterocycles. The van der Waals surface area contributed by atoms with Crippen LogP contribution in [-0.4, -0.2) is 26.0 Å². The monoisotopic (exact) mass is 324 g/mol. The second-order valence-electron chi connectivity index (χ2n) is 3.29. The molecule has 1 aliphatic rings. The van der Waals surface area contributed by atoms with Gasteiger partial charge in [0, 0.05) is 4.47 Å². The van der Waals surface area contributed by atoms with Crippen molar-refractivity contribution in [2.75, 3.05) is 10.8 Å². The van der Waals surface area contributed by atoms with E-state index >= 15 is 0 Å². The molecule has 0 atom stereocenters. The molecule has 1 heterocycles. The minimum atomic E-state index is -4.13. The number of phenolic OH excluding ortho intramolecular Hbond substituents is 1. The second kappa shape index (κ2) is 3.84. The van der Waals surface area contributed by atoms with E-state index in [4.69, 9.17) is 0 Å². The van der Waals surface area contributed by atoms with Gasteiger partial charge in [-0.2, -0.15) is 8.42 Å². The van der Waals surface area contributed by atoms with E-state index in [1.807, 2.05) is 0 Å². The Labute approximate surface area is 104 Å². The molecule has 1 aromatic rings. The van der Waals surface area contributed by atoms with Crippen molar-refractivity contribution in [1.29, 1.82) is 0 Å². The molecular formula is C8H6BrFN2O4S. The number of phenols is 1. The molecule has 0 bridgehead atoms. The third-order valence-corrected chi connectivity index (χ3v) is 3.91. The summed E-state index contributed by atoms with van der Waals surface area (Å²) in [5.74, 6) is -2.30. The summed E-state index contributed by atoms with van der Waals surface area (Å²) >= 11 is 2.95. The molecular weight excluding hydrogens is 319 g/mol. The quantitative estimate of drug-likeness (QED) is 0.786. The molecule has 1 amide bonds. The lowest BCUT2D eigenvalue weighted by Gasteiger charge is -2.16. The molecule has 1 aliphatic heterocycles. The molecule has 0 aliphatic carbocycles. The summed E-state index contributed by atoms with van der Waals surface area (Å²) in [6.45, 7) is -0.561. The van der Waals surface area contributed by atoms with Crippen molar-refractivity contribution in [1.82, 2.24) is 4.72 Å². The van der Waals surface area contributed by atoms with Crippen molar-refractivity contribution < 1.29 is 22.7 Å². The summed E-state index contributed by atoms with van der Waals surface area (Å²) in [6.07, 6.45) is 0.